The number of benzene rings is 8. The van der Waals surface area contributed by atoms with Gasteiger partial charge in [0.15, 0.2) is 0 Å². The van der Waals surface area contributed by atoms with Crippen molar-refractivity contribution in [2.75, 3.05) is 167 Å². The number of nitrogens with one attached hydrogen (secondary N) is 8. The highest BCUT2D eigenvalue weighted by molar-refractivity contribution is 6.27. The summed E-state index contributed by atoms with van der Waals surface area (Å²) in [6.45, 7) is 16.9. The minimum Gasteiger partial charge on any atom is -0.495 e. The summed E-state index contributed by atoms with van der Waals surface area (Å²) in [6, 6.07) is 54.1. The summed E-state index contributed by atoms with van der Waals surface area (Å²) in [4.78, 5) is 93.4. The molecule has 756 valence electrons. The summed E-state index contributed by atoms with van der Waals surface area (Å²) in [7, 11) is 30.1. The number of anilines is 12. The van der Waals surface area contributed by atoms with E-state index < -0.39 is 0 Å². The van der Waals surface area contributed by atoms with E-state index in [1.807, 2.05) is 235 Å². The first kappa shape index (κ1) is 106. The molecule has 8 aromatic carbocycles. The second-order valence-electron chi connectivity index (χ2n) is 34.6. The van der Waals surface area contributed by atoms with Gasteiger partial charge in [0.1, 0.15) is 64.8 Å². The number of ether oxygens (including phenoxy) is 6. The highest BCUT2D eigenvalue weighted by atomic mass is 35.5. The third-order valence-electron chi connectivity index (χ3n) is 23.2. The van der Waals surface area contributed by atoms with Crippen LogP contribution in [0.5, 0.6) is 34.5 Å². The van der Waals surface area contributed by atoms with Gasteiger partial charge < -0.3 is 95.1 Å². The van der Waals surface area contributed by atoms with Crippen molar-refractivity contribution in [3.8, 4) is 79.9 Å². The van der Waals surface area contributed by atoms with Gasteiger partial charge in [0.05, 0.1) is 102 Å². The van der Waals surface area contributed by atoms with Crippen molar-refractivity contribution in [1.82, 2.24) is 93.4 Å². The van der Waals surface area contributed by atoms with Crippen molar-refractivity contribution < 1.29 is 47.6 Å². The molecule has 8 N–H and O–H groups in total. The molecule has 0 atom stereocenters. The third kappa shape index (κ3) is 27.3. The number of aryl methyl sites for hydroxylation is 6. The molecule has 0 aliphatic carbocycles. The summed E-state index contributed by atoms with van der Waals surface area (Å²) < 4.78 is 42.1. The van der Waals surface area contributed by atoms with E-state index in [-0.39, 0.29) is 23.6 Å². The lowest BCUT2D eigenvalue weighted by molar-refractivity contribution is -0.112. The molecular formula is C108H122ClN27O10. The molecule has 0 spiro atoms. The van der Waals surface area contributed by atoms with Gasteiger partial charge >= 0.3 is 0 Å². The predicted molar refractivity (Wildman–Crippen MR) is 581 cm³/mol. The average molecular weight is 1990 g/mol. The number of nitrogens with zero attached hydrogens (tertiary/aromatic N) is 19. The van der Waals surface area contributed by atoms with Crippen LogP contribution in [0.4, 0.5) is 69.3 Å². The van der Waals surface area contributed by atoms with Gasteiger partial charge in [-0.15, -0.1) is 0 Å². The molecule has 0 radical (unpaired) electrons. The Balaban J connectivity index is 0.000000163. The van der Waals surface area contributed by atoms with Crippen molar-refractivity contribution in [3.05, 3.63) is 261 Å². The summed E-state index contributed by atoms with van der Waals surface area (Å²) in [5.74, 6) is 3.43. The lowest BCUT2D eigenvalue weighted by atomic mass is 10.0. The molecule has 8 aromatic heterocycles. The molecule has 8 heterocycles. The first-order valence-corrected chi connectivity index (χ1v) is 47.2. The van der Waals surface area contributed by atoms with Crippen LogP contribution < -0.4 is 71.0 Å². The Hall–Kier alpha value is -17.0. The number of aromatic nitrogens is 15. The van der Waals surface area contributed by atoms with Crippen LogP contribution in [0.2, 0.25) is 0 Å². The third-order valence-corrected chi connectivity index (χ3v) is 23.3. The lowest BCUT2D eigenvalue weighted by Crippen LogP contribution is -2.20. The van der Waals surface area contributed by atoms with Crippen LogP contribution in [0.15, 0.2) is 244 Å². The molecule has 0 bridgehead atoms. The Morgan fingerprint density at radius 2 is 0.664 bits per heavy atom. The van der Waals surface area contributed by atoms with Gasteiger partial charge in [-0.3, -0.25) is 33.2 Å². The number of hydrogen-bond acceptors (Lipinski definition) is 29. The van der Waals surface area contributed by atoms with Crippen molar-refractivity contribution in [3.63, 3.8) is 0 Å². The van der Waals surface area contributed by atoms with Crippen molar-refractivity contribution in [2.24, 2.45) is 28.2 Å². The quantitative estimate of drug-likeness (QED) is 0.0165. The van der Waals surface area contributed by atoms with Gasteiger partial charge in [-0.25, -0.2) is 39.9 Å². The number of carbonyl (C=O) groups is 4. The van der Waals surface area contributed by atoms with E-state index in [9.17, 15) is 19.2 Å². The fourth-order valence-corrected chi connectivity index (χ4v) is 16.0. The number of carbonyl (C=O) groups excluding carboxylic acids is 4. The Morgan fingerprint density at radius 1 is 0.363 bits per heavy atom. The van der Waals surface area contributed by atoms with Gasteiger partial charge in [0, 0.05) is 140 Å². The van der Waals surface area contributed by atoms with Gasteiger partial charge in [0.2, 0.25) is 47.4 Å². The Bertz CT molecular complexity index is 6890. The first-order chi connectivity index (χ1) is 70.5. The second kappa shape index (κ2) is 50.6. The maximum absolute atomic E-state index is 12.3. The van der Waals surface area contributed by atoms with Crippen LogP contribution in [-0.4, -0.2) is 241 Å². The van der Waals surface area contributed by atoms with Crippen LogP contribution in [-0.2, 0) is 60.2 Å². The molecule has 16 rings (SSSR count). The number of para-hydroxylation sites is 4. The second-order valence-corrected chi connectivity index (χ2v) is 34.8. The minimum atomic E-state index is -0.358. The minimum absolute atomic E-state index is 0.278. The maximum atomic E-state index is 12.3. The monoisotopic (exact) mass is 1990 g/mol. The van der Waals surface area contributed by atoms with E-state index in [0.29, 0.717) is 147 Å². The molecule has 0 aliphatic heterocycles. The van der Waals surface area contributed by atoms with Crippen molar-refractivity contribution >= 4 is 148 Å². The summed E-state index contributed by atoms with van der Waals surface area (Å²) in [5, 5.41) is 42.5. The highest BCUT2D eigenvalue weighted by Crippen LogP contribution is 2.43. The van der Waals surface area contributed by atoms with E-state index in [0.717, 1.165) is 128 Å². The van der Waals surface area contributed by atoms with Crippen LogP contribution in [0.1, 0.15) is 29.7 Å². The molecule has 0 unspecified atom stereocenters. The molecule has 16 aromatic rings. The summed E-state index contributed by atoms with van der Waals surface area (Å²) >= 11 is 5.62. The van der Waals surface area contributed by atoms with E-state index in [1.165, 1.54) is 29.8 Å². The number of likely N-dealkylation sites (N-methyl/N-ethyl adjacent to an activating group) is 2. The van der Waals surface area contributed by atoms with Crippen LogP contribution in [0, 0.1) is 6.92 Å². The number of methoxy groups -OCH3 is 4. The largest absolute Gasteiger partial charge is 0.495 e. The number of rotatable bonds is 40. The van der Waals surface area contributed by atoms with E-state index in [4.69, 9.17) is 50.0 Å². The topological polar surface area (TPSA) is 394 Å². The molecule has 0 saturated carbocycles. The predicted octanol–water partition coefficient (Wildman–Crippen LogP) is 18.0. The summed E-state index contributed by atoms with van der Waals surface area (Å²) in [6.07, 6.45) is 15.1. The Morgan fingerprint density at radius 3 is 1.00 bits per heavy atom. The molecule has 0 saturated heterocycles. The van der Waals surface area contributed by atoms with Gasteiger partial charge in [-0.05, 0) is 216 Å². The maximum Gasteiger partial charge on any atom is 0.249 e. The van der Waals surface area contributed by atoms with E-state index in [1.54, 1.807) is 77.5 Å². The summed E-state index contributed by atoms with van der Waals surface area (Å²) in [5.41, 5.74) is 19.3. The van der Waals surface area contributed by atoms with Gasteiger partial charge in [0.25, 0.3) is 0 Å². The Kier molecular flexibility index (Phi) is 36.8. The molecular weight excluding hydrogens is 1870 g/mol. The van der Waals surface area contributed by atoms with E-state index in [2.05, 4.69) is 148 Å². The lowest BCUT2D eigenvalue weighted by Gasteiger charge is -2.18. The number of hydrogen-bond donors (Lipinski definition) is 8. The Labute approximate surface area is 852 Å². The van der Waals surface area contributed by atoms with Crippen LogP contribution >= 0.6 is 11.6 Å². The SMILES string of the molecule is C=CC(=O)Nc1cc(Nc2nccc(-c3nn(C)c4ccccc34)n2)c(OC)cc1CCCN(C)C.C=CC(=O)Nc1cc(Nc2nccc(-c3nn(C)c4ccccc34)n2)c(OC)cc1OCCN(C)C.C=CC(=O)Nc1cc(Nc2nccc(-c3nn(C)c4ccccc34)n2)c(OC)cc1OCCN(C)C.COc1cc(CCCN(C)C)c(NC(=O)/C=C/Cl)cc1Nc1nccc(-c2c(C)n(C)c3ccccc23)n1. The van der Waals surface area contributed by atoms with E-state index >= 15 is 0 Å². The van der Waals surface area contributed by atoms with Crippen LogP contribution in [0.3, 0.4) is 0 Å². The fraction of sp³-hybridized carbons (Fsp3) is 0.250. The fourth-order valence-electron chi connectivity index (χ4n) is 15.9. The smallest absolute Gasteiger partial charge is 0.249 e. The molecule has 146 heavy (non-hydrogen) atoms. The number of halogens is 1. The van der Waals surface area contributed by atoms with Gasteiger partial charge in [-0.2, -0.15) is 15.3 Å². The first-order valence-electron chi connectivity index (χ1n) is 46.8. The molecule has 4 amide bonds. The zero-order valence-corrected chi connectivity index (χ0v) is 85.8. The number of amides is 4. The van der Waals surface area contributed by atoms with Gasteiger partial charge in [-0.1, -0.05) is 104 Å². The normalized spacial score (nSPS) is 11.1. The molecule has 38 heteroatoms. The standard InChI is InChI=1S/C29H33ClN6O2.C27H31N7O2.2C26H29N7O3/c1-19-28(21-10-6-7-11-25(21)36(19)4)22-13-15-31-29(33-22)34-24-18-23(32-27(37)12-14-30)20(17-26(24)38-5)9-8-16-35(2)3;1-6-25(35)29-21-17-22(24(36-5)16-18(21)10-9-15-33(2)3)31-27-28-14-13-20(30-27)26-19-11-7-8-12-23(19)34(4)32-26;2*1-6-24(34)28-20-15-19(22(35-5)16-23(20)36-14-13-32(2)3)30-26-27-12-11-18(29-26)25-17-9-7-8-10-21(17)33(4)31-25/h6-7,10-15,17-18H,8-9,16H2,1-5H3,(H,32,37)(H,31,33,34);6-8,11-14,16-17H,1,9-10,15H2,2-5H3,(H,29,35)(H,28,30,31);2*6-12,15-16H,1,13-14H2,2-5H3,(H,28,34)(H,27,29,30)/b14-12+;;;. The zero-order chi connectivity index (χ0) is 104. The highest BCUT2D eigenvalue weighted by Gasteiger charge is 2.25. The van der Waals surface area contributed by atoms with Crippen molar-refractivity contribution in [2.45, 2.75) is 32.6 Å². The molecule has 0 aliphatic rings. The molecule has 0 fully saturated rings. The molecule has 37 nitrogen and oxygen atoms in total. The van der Waals surface area contributed by atoms with Crippen molar-refractivity contribution in [1.29, 1.82) is 0 Å². The van der Waals surface area contributed by atoms with Crippen LogP contribution in [0.25, 0.3) is 89.0 Å². The average Bonchev–Trinajstić information content (AvgIpc) is 1.61. The zero-order valence-electron chi connectivity index (χ0n) is 85.0. The number of fused-ring (bicyclic) bond motifs is 4.